The number of carbonyl (C=O) groups excluding carboxylic acids is 1. The summed E-state index contributed by atoms with van der Waals surface area (Å²) in [7, 11) is 1.76. The van der Waals surface area contributed by atoms with Crippen molar-refractivity contribution in [3.63, 3.8) is 0 Å². The molecule has 1 saturated heterocycles. The van der Waals surface area contributed by atoms with Crippen LogP contribution in [0.5, 0.6) is 0 Å². The number of amides is 1. The lowest BCUT2D eigenvalue weighted by Gasteiger charge is -2.43. The number of likely N-dealkylation sites (tertiary alicyclic amines) is 1. The zero-order chi connectivity index (χ0) is 17.7. The van der Waals surface area contributed by atoms with E-state index in [2.05, 4.69) is 4.98 Å². The maximum atomic E-state index is 12.8. The average molecular weight is 348 g/mol. The molecule has 0 unspecified atom stereocenters. The number of aliphatic hydroxyl groups is 1. The molecule has 0 bridgehead atoms. The lowest BCUT2D eigenvalue weighted by atomic mass is 9.79. The number of aliphatic hydroxyl groups excluding tert-OH is 1. The van der Waals surface area contributed by atoms with E-state index in [0.29, 0.717) is 19.4 Å². The summed E-state index contributed by atoms with van der Waals surface area (Å²) in [6.45, 7) is 1.13. The second kappa shape index (κ2) is 8.25. The third-order valence-electron chi connectivity index (χ3n) is 5.66. The quantitative estimate of drug-likeness (QED) is 0.810. The van der Waals surface area contributed by atoms with Crippen molar-refractivity contribution < 1.29 is 19.4 Å². The molecule has 6 nitrogen and oxygen atoms in total. The standard InChI is InChI=1S/C19H28N2O4/c1-24-19-7-6-16(25-12-11-22)13-17(19)21(10-8-19)18(23)5-4-15-3-2-9-20-14-15/h2-3,9,14,16-17,22H,4-8,10-13H2,1H3/t16-,17+,19-/m0/s1. The predicted molar refractivity (Wildman–Crippen MR) is 93.1 cm³/mol. The van der Waals surface area contributed by atoms with Crippen LogP contribution in [0.25, 0.3) is 0 Å². The number of nitrogens with zero attached hydrogens (tertiary/aromatic N) is 2. The van der Waals surface area contributed by atoms with Gasteiger partial charge in [0.05, 0.1) is 31.0 Å². The number of hydrogen-bond donors (Lipinski definition) is 1. The number of carbonyl (C=O) groups is 1. The highest BCUT2D eigenvalue weighted by Crippen LogP contribution is 2.43. The Kier molecular flexibility index (Phi) is 6.04. The van der Waals surface area contributed by atoms with Gasteiger partial charge in [0.1, 0.15) is 0 Å². The van der Waals surface area contributed by atoms with Gasteiger partial charge in [0.15, 0.2) is 0 Å². The van der Waals surface area contributed by atoms with Crippen molar-refractivity contribution in [3.8, 4) is 0 Å². The molecule has 0 radical (unpaired) electrons. The number of pyridine rings is 1. The number of aromatic nitrogens is 1. The molecule has 1 amide bonds. The second-order valence-electron chi connectivity index (χ2n) is 6.97. The minimum absolute atomic E-state index is 0.0321. The van der Waals surface area contributed by atoms with E-state index in [-0.39, 0.29) is 30.3 Å². The lowest BCUT2D eigenvalue weighted by Crippen LogP contribution is -2.53. The summed E-state index contributed by atoms with van der Waals surface area (Å²) in [5.74, 6) is 0.176. The van der Waals surface area contributed by atoms with Gasteiger partial charge in [0, 0.05) is 32.5 Å². The van der Waals surface area contributed by atoms with Crippen LogP contribution in [0.4, 0.5) is 0 Å². The molecule has 3 atom stereocenters. The SMILES string of the molecule is CO[C@]12CC[C@H](OCCO)C[C@H]1N(C(=O)CCc1cccnc1)CC2. The van der Waals surface area contributed by atoms with Crippen LogP contribution in [0, 0.1) is 0 Å². The Morgan fingerprint density at radius 2 is 2.36 bits per heavy atom. The normalized spacial score (nSPS) is 28.8. The fraction of sp³-hybridized carbons (Fsp3) is 0.684. The highest BCUT2D eigenvalue weighted by Gasteiger charge is 2.52. The molecule has 2 aliphatic rings. The first-order valence-electron chi connectivity index (χ1n) is 9.14. The average Bonchev–Trinajstić information content (AvgIpc) is 3.04. The van der Waals surface area contributed by atoms with E-state index in [4.69, 9.17) is 14.6 Å². The zero-order valence-corrected chi connectivity index (χ0v) is 14.9. The van der Waals surface area contributed by atoms with Gasteiger partial charge in [0.25, 0.3) is 0 Å². The first kappa shape index (κ1) is 18.3. The molecule has 1 saturated carbocycles. The number of hydrogen-bond acceptors (Lipinski definition) is 5. The van der Waals surface area contributed by atoms with Crippen molar-refractivity contribution in [1.29, 1.82) is 0 Å². The molecule has 2 heterocycles. The van der Waals surface area contributed by atoms with E-state index in [1.807, 2.05) is 23.2 Å². The molecular formula is C19H28N2O4. The summed E-state index contributed by atoms with van der Waals surface area (Å²) in [6.07, 6.45) is 8.34. The summed E-state index contributed by atoms with van der Waals surface area (Å²) >= 11 is 0. The minimum Gasteiger partial charge on any atom is -0.394 e. The van der Waals surface area contributed by atoms with Gasteiger partial charge in [-0.2, -0.15) is 0 Å². The van der Waals surface area contributed by atoms with Gasteiger partial charge < -0.3 is 19.5 Å². The van der Waals surface area contributed by atoms with Crippen molar-refractivity contribution in [2.45, 2.75) is 56.3 Å². The predicted octanol–water partition coefficient (Wildman–Crippen LogP) is 1.56. The maximum absolute atomic E-state index is 12.8. The summed E-state index contributed by atoms with van der Waals surface area (Å²) in [6, 6.07) is 3.97. The van der Waals surface area contributed by atoms with Crippen molar-refractivity contribution in [3.05, 3.63) is 30.1 Å². The van der Waals surface area contributed by atoms with Gasteiger partial charge in [-0.15, -0.1) is 0 Å². The number of ether oxygens (including phenoxy) is 2. The van der Waals surface area contributed by atoms with E-state index in [9.17, 15) is 4.79 Å². The topological polar surface area (TPSA) is 71.9 Å². The maximum Gasteiger partial charge on any atom is 0.223 e. The third kappa shape index (κ3) is 4.02. The summed E-state index contributed by atoms with van der Waals surface area (Å²) in [5.41, 5.74) is 0.851. The molecule has 1 aliphatic heterocycles. The summed E-state index contributed by atoms with van der Waals surface area (Å²) < 4.78 is 11.6. The van der Waals surface area contributed by atoms with Crippen LogP contribution in [-0.2, 0) is 20.7 Å². The van der Waals surface area contributed by atoms with Crippen LogP contribution in [0.3, 0.4) is 0 Å². The molecule has 6 heteroatoms. The van der Waals surface area contributed by atoms with E-state index >= 15 is 0 Å². The lowest BCUT2D eigenvalue weighted by molar-refractivity contribution is -0.142. The molecule has 3 rings (SSSR count). The monoisotopic (exact) mass is 348 g/mol. The van der Waals surface area contributed by atoms with Crippen molar-refractivity contribution in [1.82, 2.24) is 9.88 Å². The van der Waals surface area contributed by atoms with Crippen LogP contribution in [-0.4, -0.2) is 65.5 Å². The second-order valence-corrected chi connectivity index (χ2v) is 6.97. The molecule has 1 aromatic heterocycles. The van der Waals surface area contributed by atoms with Crippen molar-refractivity contribution in [2.24, 2.45) is 0 Å². The minimum atomic E-state index is -0.233. The Bertz CT molecular complexity index is 568. The molecule has 25 heavy (non-hydrogen) atoms. The number of fused-ring (bicyclic) bond motifs is 1. The van der Waals surface area contributed by atoms with Crippen LogP contribution in [0.1, 0.15) is 37.7 Å². The van der Waals surface area contributed by atoms with Gasteiger partial charge in [-0.05, 0) is 43.7 Å². The van der Waals surface area contributed by atoms with Gasteiger partial charge in [-0.1, -0.05) is 6.07 Å². The van der Waals surface area contributed by atoms with Gasteiger partial charge in [-0.25, -0.2) is 0 Å². The molecule has 0 spiro atoms. The van der Waals surface area contributed by atoms with Gasteiger partial charge in [-0.3, -0.25) is 9.78 Å². The smallest absolute Gasteiger partial charge is 0.223 e. The Morgan fingerprint density at radius 1 is 1.48 bits per heavy atom. The summed E-state index contributed by atoms with van der Waals surface area (Å²) in [5, 5.41) is 8.98. The van der Waals surface area contributed by atoms with E-state index in [0.717, 1.165) is 37.8 Å². The molecule has 2 fully saturated rings. The molecule has 0 aromatic carbocycles. The Morgan fingerprint density at radius 3 is 3.08 bits per heavy atom. The highest BCUT2D eigenvalue weighted by molar-refractivity contribution is 5.77. The first-order valence-corrected chi connectivity index (χ1v) is 9.14. The summed E-state index contributed by atoms with van der Waals surface area (Å²) in [4.78, 5) is 18.9. The number of methoxy groups -OCH3 is 1. The van der Waals surface area contributed by atoms with E-state index in [1.165, 1.54) is 0 Å². The van der Waals surface area contributed by atoms with E-state index in [1.54, 1.807) is 13.3 Å². The van der Waals surface area contributed by atoms with Crippen LogP contribution in [0.2, 0.25) is 0 Å². The Labute approximate surface area is 149 Å². The number of rotatable bonds is 7. The molecule has 1 aliphatic carbocycles. The number of aryl methyl sites for hydroxylation is 1. The highest BCUT2D eigenvalue weighted by atomic mass is 16.5. The Balaban J connectivity index is 1.63. The van der Waals surface area contributed by atoms with Crippen molar-refractivity contribution >= 4 is 5.91 Å². The largest absolute Gasteiger partial charge is 0.394 e. The first-order chi connectivity index (χ1) is 12.2. The molecule has 1 N–H and O–H groups in total. The molecule has 138 valence electrons. The molecule has 1 aromatic rings. The van der Waals surface area contributed by atoms with Gasteiger partial charge in [0.2, 0.25) is 5.91 Å². The fourth-order valence-corrected chi connectivity index (χ4v) is 4.27. The van der Waals surface area contributed by atoms with Crippen molar-refractivity contribution in [2.75, 3.05) is 26.9 Å². The van der Waals surface area contributed by atoms with E-state index < -0.39 is 0 Å². The molecular weight excluding hydrogens is 320 g/mol. The fourth-order valence-electron chi connectivity index (χ4n) is 4.27. The Hall–Kier alpha value is -1.50. The van der Waals surface area contributed by atoms with Crippen LogP contribution >= 0.6 is 0 Å². The van der Waals surface area contributed by atoms with Gasteiger partial charge >= 0.3 is 0 Å². The van der Waals surface area contributed by atoms with Crippen LogP contribution < -0.4 is 0 Å². The zero-order valence-electron chi connectivity index (χ0n) is 14.9. The third-order valence-corrected chi connectivity index (χ3v) is 5.66. The van der Waals surface area contributed by atoms with Crippen LogP contribution in [0.15, 0.2) is 24.5 Å².